The molecule has 0 bridgehead atoms. The summed E-state index contributed by atoms with van der Waals surface area (Å²) >= 11 is 0. The molecular weight excluding hydrogens is 358 g/mol. The Kier molecular flexibility index (Phi) is 5.45. The second-order valence-corrected chi connectivity index (χ2v) is 6.87. The molecule has 0 heterocycles. The van der Waals surface area contributed by atoms with Gasteiger partial charge in [-0.15, -0.1) is 0 Å². The Morgan fingerprint density at radius 3 is 1.34 bits per heavy atom. The molecule has 144 valence electrons. The number of anilines is 6. The number of nitrogens with one attached hydrogen (secondary N) is 2. The zero-order valence-corrected chi connectivity index (χ0v) is 16.2. The predicted molar refractivity (Wildman–Crippen MR) is 123 cm³/mol. The lowest BCUT2D eigenvalue weighted by molar-refractivity contribution is 1.30. The number of hydrogen-bond donors (Lipinski definition) is 2. The van der Waals surface area contributed by atoms with Gasteiger partial charge in [-0.2, -0.15) is 0 Å². The van der Waals surface area contributed by atoms with E-state index in [2.05, 4.69) is 29.7 Å². The lowest BCUT2D eigenvalue weighted by atomic mass is 10.2. The van der Waals surface area contributed by atoms with E-state index in [0.717, 1.165) is 27.8 Å². The van der Waals surface area contributed by atoms with Gasteiger partial charge >= 0.3 is 0 Å². The topological polar surface area (TPSA) is 50.4 Å². The Morgan fingerprint density at radius 1 is 0.517 bits per heavy atom. The van der Waals surface area contributed by atoms with Crippen molar-refractivity contribution in [3.63, 3.8) is 0 Å². The molecule has 4 heteroatoms. The fourth-order valence-electron chi connectivity index (χ4n) is 3.00. The summed E-state index contributed by atoms with van der Waals surface area (Å²) < 4.78 is 0. The summed E-state index contributed by atoms with van der Waals surface area (Å²) in [5.74, 6) is 0. The smallest absolute Gasteiger partial charge is 0.0385 e. The van der Waals surface area contributed by atoms with Crippen LogP contribution in [0.2, 0.25) is 0 Å². The number of hydrogen-bond acceptors (Lipinski definition) is 4. The maximum atomic E-state index is 12.7. The first-order chi connectivity index (χ1) is 14.2. The van der Waals surface area contributed by atoms with Gasteiger partial charge in [0.05, 0.1) is 0 Å². The first kappa shape index (κ1) is 18.6. The number of rotatable bonds is 6. The molecule has 4 aromatic rings. The largest absolute Gasteiger partial charge is 0.754 e. The number of aryl methyl sites for hydroxylation is 1. The molecule has 0 amide bonds. The molecule has 29 heavy (non-hydrogen) atoms. The van der Waals surface area contributed by atoms with Gasteiger partial charge in [0.15, 0.2) is 0 Å². The van der Waals surface area contributed by atoms with Gasteiger partial charge in [0.2, 0.25) is 0 Å². The van der Waals surface area contributed by atoms with E-state index < -0.39 is 0 Å². The van der Waals surface area contributed by atoms with Crippen molar-refractivity contribution < 1.29 is 0 Å². The minimum Gasteiger partial charge on any atom is -0.754 e. The third-order valence-corrected chi connectivity index (χ3v) is 4.61. The highest BCUT2D eigenvalue weighted by atomic mass is 16.5. The van der Waals surface area contributed by atoms with Crippen LogP contribution in [0.5, 0.6) is 0 Å². The average molecular weight is 380 g/mol. The van der Waals surface area contributed by atoms with E-state index in [1.54, 1.807) is 0 Å². The van der Waals surface area contributed by atoms with Gasteiger partial charge in [-0.25, -0.2) is 0 Å². The molecule has 0 aliphatic carbocycles. The summed E-state index contributed by atoms with van der Waals surface area (Å²) in [5.41, 5.74) is 6.29. The summed E-state index contributed by atoms with van der Waals surface area (Å²) in [6.45, 7) is 2.06. The molecule has 0 atom stereocenters. The zero-order chi connectivity index (χ0) is 20.1. The first-order valence-corrected chi connectivity index (χ1v) is 9.50. The summed E-state index contributed by atoms with van der Waals surface area (Å²) in [4.78, 5) is 0. The van der Waals surface area contributed by atoms with Crippen molar-refractivity contribution in [2.24, 2.45) is 0 Å². The molecule has 0 radical (unpaired) electrons. The second-order valence-electron chi connectivity index (χ2n) is 6.87. The van der Waals surface area contributed by atoms with Crippen LogP contribution in [0.25, 0.3) is 0 Å². The fourth-order valence-corrected chi connectivity index (χ4v) is 3.00. The van der Waals surface area contributed by atoms with Crippen molar-refractivity contribution >= 4 is 34.1 Å². The number of benzene rings is 4. The van der Waals surface area contributed by atoms with Crippen LogP contribution >= 0.6 is 0 Å². The van der Waals surface area contributed by atoms with Crippen LogP contribution in [0.4, 0.5) is 34.1 Å². The Labute approximate surface area is 171 Å². The molecule has 0 saturated carbocycles. The van der Waals surface area contributed by atoms with E-state index in [0.29, 0.717) is 11.4 Å². The monoisotopic (exact) mass is 380 g/mol. The van der Waals surface area contributed by atoms with Crippen molar-refractivity contribution in [1.82, 2.24) is 0 Å². The van der Waals surface area contributed by atoms with E-state index >= 15 is 0 Å². The zero-order valence-electron chi connectivity index (χ0n) is 16.2. The van der Waals surface area contributed by atoms with E-state index in [1.807, 2.05) is 91.0 Å². The number of nitrogens with zero attached hydrogens (tertiary/aromatic N) is 1. The molecular formula is C25H22N3O-. The van der Waals surface area contributed by atoms with E-state index in [-0.39, 0.29) is 0 Å². The second kappa shape index (κ2) is 8.50. The molecule has 0 unspecified atom stereocenters. The molecule has 0 saturated heterocycles. The maximum absolute atomic E-state index is 12.7. The Bertz CT molecular complexity index is 1040. The Balaban J connectivity index is 1.42. The summed E-state index contributed by atoms with van der Waals surface area (Å²) in [5, 5.41) is 20.3. The number of para-hydroxylation sites is 1. The highest BCUT2D eigenvalue weighted by Gasteiger charge is 2.02. The quantitative estimate of drug-likeness (QED) is 0.350. The molecule has 0 aromatic heterocycles. The first-order valence-electron chi connectivity index (χ1n) is 9.50. The van der Waals surface area contributed by atoms with Gasteiger partial charge in [-0.1, -0.05) is 35.9 Å². The Hall–Kier alpha value is -3.76. The average Bonchev–Trinajstić information content (AvgIpc) is 2.77. The van der Waals surface area contributed by atoms with Crippen molar-refractivity contribution in [1.29, 1.82) is 0 Å². The molecule has 0 spiro atoms. The van der Waals surface area contributed by atoms with Crippen LogP contribution in [0.3, 0.4) is 0 Å². The fraction of sp³-hybridized carbons (Fsp3) is 0.0400. The minimum atomic E-state index is 0.586. The van der Waals surface area contributed by atoms with Crippen LogP contribution in [-0.4, -0.2) is 0 Å². The molecule has 2 N–H and O–H groups in total. The van der Waals surface area contributed by atoms with Gasteiger partial charge < -0.3 is 20.9 Å². The lowest BCUT2D eigenvalue weighted by Crippen LogP contribution is -2.06. The molecule has 4 nitrogen and oxygen atoms in total. The van der Waals surface area contributed by atoms with Crippen molar-refractivity contribution in [2.75, 3.05) is 15.7 Å². The minimum absolute atomic E-state index is 0.586. The van der Waals surface area contributed by atoms with Crippen LogP contribution in [0, 0.1) is 12.1 Å². The maximum Gasteiger partial charge on any atom is 0.0385 e. The summed E-state index contributed by atoms with van der Waals surface area (Å²) in [6.07, 6.45) is 0. The van der Waals surface area contributed by atoms with Crippen molar-refractivity contribution in [3.8, 4) is 0 Å². The van der Waals surface area contributed by atoms with Gasteiger partial charge in [0, 0.05) is 34.1 Å². The van der Waals surface area contributed by atoms with Crippen LogP contribution < -0.4 is 15.7 Å². The predicted octanol–water partition coefficient (Wildman–Crippen LogP) is 7.12. The SMILES string of the molecule is Cc1ccc(Nc2ccc(N([O-])c3ccc(Nc4ccccc4)cc3)cc2)cc1. The highest BCUT2D eigenvalue weighted by molar-refractivity contribution is 5.70. The third kappa shape index (κ3) is 4.75. The van der Waals surface area contributed by atoms with Gasteiger partial charge in [0.25, 0.3) is 0 Å². The van der Waals surface area contributed by atoms with Crippen molar-refractivity contribution in [2.45, 2.75) is 6.92 Å². The van der Waals surface area contributed by atoms with Crippen LogP contribution in [-0.2, 0) is 0 Å². The molecule has 0 fully saturated rings. The van der Waals surface area contributed by atoms with Gasteiger partial charge in [-0.05, 0) is 79.7 Å². The Morgan fingerprint density at radius 2 is 0.897 bits per heavy atom. The van der Waals surface area contributed by atoms with E-state index in [9.17, 15) is 5.21 Å². The van der Waals surface area contributed by atoms with Crippen LogP contribution in [0.1, 0.15) is 5.56 Å². The summed E-state index contributed by atoms with van der Waals surface area (Å²) in [7, 11) is 0. The summed E-state index contributed by atoms with van der Waals surface area (Å²) in [6, 6.07) is 33.0. The standard InChI is InChI=1S/C25H22N3O/c1-19-7-9-21(10-8-19)27-23-13-17-25(18-14-23)28(29)24-15-11-22(12-16-24)26-20-5-3-2-4-6-20/h2-18,26-27H,1H3/q-1. The normalized spacial score (nSPS) is 10.4. The molecule has 0 aliphatic heterocycles. The van der Waals surface area contributed by atoms with Crippen LogP contribution in [0.15, 0.2) is 103 Å². The van der Waals surface area contributed by atoms with E-state index in [4.69, 9.17) is 0 Å². The van der Waals surface area contributed by atoms with Gasteiger partial charge in [-0.3, -0.25) is 0 Å². The highest BCUT2D eigenvalue weighted by Crippen LogP contribution is 2.28. The van der Waals surface area contributed by atoms with E-state index in [1.165, 1.54) is 5.56 Å². The lowest BCUT2D eigenvalue weighted by Gasteiger charge is -2.31. The third-order valence-electron chi connectivity index (χ3n) is 4.61. The van der Waals surface area contributed by atoms with Crippen molar-refractivity contribution in [3.05, 3.63) is 114 Å². The van der Waals surface area contributed by atoms with Gasteiger partial charge in [0.1, 0.15) is 0 Å². The molecule has 4 rings (SSSR count). The molecule has 4 aromatic carbocycles. The molecule has 0 aliphatic rings.